The first kappa shape index (κ1) is 8.62. The zero-order valence-corrected chi connectivity index (χ0v) is 7.66. The molecule has 4 N–H and O–H groups in total. The third-order valence-electron chi connectivity index (χ3n) is 2.25. The van der Waals surface area contributed by atoms with Crippen LogP contribution in [0.5, 0.6) is 5.75 Å². The van der Waals surface area contributed by atoms with E-state index < -0.39 is 5.91 Å². The smallest absolute Gasteiger partial charge is 0.250 e. The highest BCUT2D eigenvalue weighted by Crippen LogP contribution is 2.26. The summed E-state index contributed by atoms with van der Waals surface area (Å²) in [4.78, 5) is 14.0. The summed E-state index contributed by atoms with van der Waals surface area (Å²) in [5.41, 5.74) is 7.15. The topological polar surface area (TPSA) is 79.1 Å². The number of primary amides is 1. The Labute approximate surface area is 80.3 Å². The summed E-state index contributed by atoms with van der Waals surface area (Å²) in [6, 6.07) is 2.97. The standard InChI is InChI=1S/C10H10N2O2/c1-5-4-12-9-7(5)2-6(13)3-8(9)10(11)14/h2-4,12-13H,1H3,(H2,11,14). The number of amides is 1. The number of H-pyrrole nitrogens is 1. The molecule has 0 spiro atoms. The number of nitrogens with one attached hydrogen (secondary N) is 1. The van der Waals surface area contributed by atoms with E-state index in [1.165, 1.54) is 6.07 Å². The maximum absolute atomic E-state index is 11.1. The Morgan fingerprint density at radius 1 is 1.50 bits per heavy atom. The average Bonchev–Trinajstić information content (AvgIpc) is 2.47. The van der Waals surface area contributed by atoms with E-state index in [0.717, 1.165) is 10.9 Å². The quantitative estimate of drug-likeness (QED) is 0.633. The van der Waals surface area contributed by atoms with Gasteiger partial charge in [-0.2, -0.15) is 0 Å². The number of nitrogens with two attached hydrogens (primary N) is 1. The first-order valence-electron chi connectivity index (χ1n) is 4.20. The van der Waals surface area contributed by atoms with Gasteiger partial charge in [0.05, 0.1) is 11.1 Å². The molecule has 0 saturated heterocycles. The maximum atomic E-state index is 11.1. The molecular weight excluding hydrogens is 180 g/mol. The van der Waals surface area contributed by atoms with Crippen molar-refractivity contribution < 1.29 is 9.90 Å². The van der Waals surface area contributed by atoms with Crippen LogP contribution in [0.2, 0.25) is 0 Å². The fourth-order valence-electron chi connectivity index (χ4n) is 1.55. The van der Waals surface area contributed by atoms with Crippen molar-refractivity contribution in [2.24, 2.45) is 5.73 Å². The molecule has 1 heterocycles. The van der Waals surface area contributed by atoms with Gasteiger partial charge in [-0.1, -0.05) is 0 Å². The van der Waals surface area contributed by atoms with Crippen LogP contribution in [0.15, 0.2) is 18.3 Å². The lowest BCUT2D eigenvalue weighted by atomic mass is 10.1. The van der Waals surface area contributed by atoms with E-state index in [9.17, 15) is 9.90 Å². The van der Waals surface area contributed by atoms with Crippen LogP contribution in [-0.4, -0.2) is 16.0 Å². The fraction of sp³-hybridized carbons (Fsp3) is 0.100. The van der Waals surface area contributed by atoms with Gasteiger partial charge in [0.1, 0.15) is 5.75 Å². The van der Waals surface area contributed by atoms with E-state index in [1.54, 1.807) is 12.3 Å². The molecule has 0 fully saturated rings. The lowest BCUT2D eigenvalue weighted by Crippen LogP contribution is -2.11. The van der Waals surface area contributed by atoms with Crippen LogP contribution in [0.4, 0.5) is 0 Å². The Bertz CT molecular complexity index is 514. The Kier molecular flexibility index (Phi) is 1.70. The molecule has 0 aliphatic carbocycles. The molecule has 1 aromatic carbocycles. The summed E-state index contributed by atoms with van der Waals surface area (Å²) in [7, 11) is 0. The molecule has 0 saturated carbocycles. The van der Waals surface area contributed by atoms with Crippen LogP contribution in [0, 0.1) is 6.92 Å². The molecule has 2 aromatic rings. The minimum atomic E-state index is -0.548. The van der Waals surface area contributed by atoms with Gasteiger partial charge in [-0.15, -0.1) is 0 Å². The molecule has 1 amide bonds. The van der Waals surface area contributed by atoms with Crippen LogP contribution < -0.4 is 5.73 Å². The summed E-state index contributed by atoms with van der Waals surface area (Å²) in [6.07, 6.45) is 1.77. The van der Waals surface area contributed by atoms with E-state index in [2.05, 4.69) is 4.98 Å². The molecule has 4 nitrogen and oxygen atoms in total. The molecule has 0 aliphatic rings. The molecule has 0 bridgehead atoms. The third kappa shape index (κ3) is 1.12. The number of fused-ring (bicyclic) bond motifs is 1. The molecule has 1 aromatic heterocycles. The second-order valence-electron chi connectivity index (χ2n) is 3.25. The summed E-state index contributed by atoms with van der Waals surface area (Å²) in [6.45, 7) is 1.89. The van der Waals surface area contributed by atoms with Gasteiger partial charge in [0.15, 0.2) is 0 Å². The zero-order valence-electron chi connectivity index (χ0n) is 7.66. The number of carbonyl (C=O) groups excluding carboxylic acids is 1. The predicted molar refractivity (Wildman–Crippen MR) is 53.2 cm³/mol. The van der Waals surface area contributed by atoms with Crippen LogP contribution in [0.1, 0.15) is 15.9 Å². The van der Waals surface area contributed by atoms with Crippen molar-refractivity contribution in [2.75, 3.05) is 0 Å². The summed E-state index contributed by atoms with van der Waals surface area (Å²) in [5.74, 6) is -0.498. The predicted octanol–water partition coefficient (Wildman–Crippen LogP) is 1.28. The number of aromatic amines is 1. The molecule has 14 heavy (non-hydrogen) atoms. The number of benzene rings is 1. The normalized spacial score (nSPS) is 10.6. The molecule has 4 heteroatoms. The highest BCUT2D eigenvalue weighted by atomic mass is 16.3. The monoisotopic (exact) mass is 190 g/mol. The van der Waals surface area contributed by atoms with Crippen molar-refractivity contribution in [3.8, 4) is 5.75 Å². The lowest BCUT2D eigenvalue weighted by molar-refractivity contribution is 0.100. The maximum Gasteiger partial charge on any atom is 0.250 e. The fourth-order valence-corrected chi connectivity index (χ4v) is 1.55. The number of aryl methyl sites for hydroxylation is 1. The van der Waals surface area contributed by atoms with Gasteiger partial charge < -0.3 is 15.8 Å². The van der Waals surface area contributed by atoms with Crippen molar-refractivity contribution in [1.82, 2.24) is 4.98 Å². The second kappa shape index (κ2) is 2.77. The first-order chi connectivity index (χ1) is 6.59. The molecule has 0 aliphatic heterocycles. The summed E-state index contributed by atoms with van der Waals surface area (Å²) < 4.78 is 0. The van der Waals surface area contributed by atoms with Crippen LogP contribution in [-0.2, 0) is 0 Å². The minimum absolute atomic E-state index is 0.0500. The molecule has 0 unspecified atom stereocenters. The third-order valence-corrected chi connectivity index (χ3v) is 2.25. The highest BCUT2D eigenvalue weighted by Gasteiger charge is 2.11. The lowest BCUT2D eigenvalue weighted by Gasteiger charge is -2.00. The number of rotatable bonds is 1. The summed E-state index contributed by atoms with van der Waals surface area (Å²) >= 11 is 0. The van der Waals surface area contributed by atoms with Crippen molar-refractivity contribution >= 4 is 16.8 Å². The number of hydrogen-bond acceptors (Lipinski definition) is 2. The summed E-state index contributed by atoms with van der Waals surface area (Å²) in [5, 5.41) is 10.2. The Morgan fingerprint density at radius 2 is 2.21 bits per heavy atom. The van der Waals surface area contributed by atoms with Crippen LogP contribution in [0.25, 0.3) is 10.9 Å². The van der Waals surface area contributed by atoms with Gasteiger partial charge in [-0.25, -0.2) is 0 Å². The van der Waals surface area contributed by atoms with Crippen molar-refractivity contribution in [2.45, 2.75) is 6.92 Å². The minimum Gasteiger partial charge on any atom is -0.508 e. The van der Waals surface area contributed by atoms with E-state index in [-0.39, 0.29) is 5.75 Å². The number of aromatic nitrogens is 1. The first-order valence-corrected chi connectivity index (χ1v) is 4.20. The second-order valence-corrected chi connectivity index (χ2v) is 3.25. The number of aromatic hydroxyl groups is 1. The van der Waals surface area contributed by atoms with Gasteiger partial charge in [-0.3, -0.25) is 4.79 Å². The molecule has 2 rings (SSSR count). The zero-order chi connectivity index (χ0) is 10.3. The van der Waals surface area contributed by atoms with E-state index in [0.29, 0.717) is 11.1 Å². The van der Waals surface area contributed by atoms with E-state index >= 15 is 0 Å². The van der Waals surface area contributed by atoms with Crippen molar-refractivity contribution in [3.05, 3.63) is 29.5 Å². The number of carbonyl (C=O) groups is 1. The van der Waals surface area contributed by atoms with Crippen molar-refractivity contribution in [3.63, 3.8) is 0 Å². The van der Waals surface area contributed by atoms with Gasteiger partial charge in [0.2, 0.25) is 0 Å². The molecule has 72 valence electrons. The Morgan fingerprint density at radius 3 is 2.86 bits per heavy atom. The average molecular weight is 190 g/mol. The van der Waals surface area contributed by atoms with E-state index in [4.69, 9.17) is 5.73 Å². The van der Waals surface area contributed by atoms with Gasteiger partial charge >= 0.3 is 0 Å². The van der Waals surface area contributed by atoms with E-state index in [1.807, 2.05) is 6.92 Å². The van der Waals surface area contributed by atoms with Gasteiger partial charge in [0.25, 0.3) is 5.91 Å². The van der Waals surface area contributed by atoms with Gasteiger partial charge in [-0.05, 0) is 24.6 Å². The van der Waals surface area contributed by atoms with Gasteiger partial charge in [0, 0.05) is 11.6 Å². The van der Waals surface area contributed by atoms with Crippen molar-refractivity contribution in [1.29, 1.82) is 0 Å². The molecule has 0 radical (unpaired) electrons. The van der Waals surface area contributed by atoms with Crippen LogP contribution in [0.3, 0.4) is 0 Å². The molecular formula is C10H10N2O2. The number of hydrogen-bond donors (Lipinski definition) is 3. The number of phenolic OH excluding ortho intramolecular Hbond substituents is 1. The molecule has 0 atom stereocenters. The SMILES string of the molecule is Cc1c[nH]c2c(C(N)=O)cc(O)cc12. The Hall–Kier alpha value is -1.97. The number of phenols is 1. The van der Waals surface area contributed by atoms with Crippen LogP contribution >= 0.6 is 0 Å². The highest BCUT2D eigenvalue weighted by molar-refractivity contribution is 6.06. The Balaban J connectivity index is 2.88. The largest absolute Gasteiger partial charge is 0.508 e.